The maximum atomic E-state index is 13.8. The highest BCUT2D eigenvalue weighted by Crippen LogP contribution is 2.22. The number of benzene rings is 2. The van der Waals surface area contributed by atoms with Crippen LogP contribution in [0.1, 0.15) is 23.2 Å². The van der Waals surface area contributed by atoms with Crippen molar-refractivity contribution in [2.24, 2.45) is 0 Å². The Morgan fingerprint density at radius 1 is 1.04 bits per heavy atom. The minimum Gasteiger partial charge on any atom is -0.327 e. The molecule has 2 aromatic carbocycles. The Labute approximate surface area is 133 Å². The van der Waals surface area contributed by atoms with Crippen LogP contribution in [0, 0.1) is 5.82 Å². The van der Waals surface area contributed by atoms with Crippen LogP contribution in [-0.4, -0.2) is 29.3 Å². The predicted octanol–water partition coefficient (Wildman–Crippen LogP) is 3.07. The third kappa shape index (κ3) is 3.23. The SMILES string of the molecule is O=C(Nc1ccccc1)C1CCCN1C(=O)c1ccccc1F. The number of rotatable bonds is 3. The van der Waals surface area contributed by atoms with Gasteiger partial charge in [0.2, 0.25) is 5.91 Å². The number of anilines is 1. The molecule has 1 saturated heterocycles. The number of carbonyl (C=O) groups is 2. The average molecular weight is 312 g/mol. The fourth-order valence-corrected chi connectivity index (χ4v) is 2.82. The summed E-state index contributed by atoms with van der Waals surface area (Å²) >= 11 is 0. The zero-order valence-corrected chi connectivity index (χ0v) is 12.5. The molecule has 0 aromatic heterocycles. The van der Waals surface area contributed by atoms with Gasteiger partial charge in [-0.05, 0) is 37.1 Å². The quantitative estimate of drug-likeness (QED) is 0.947. The van der Waals surface area contributed by atoms with Crippen LogP contribution < -0.4 is 5.32 Å². The number of hydrogen-bond donors (Lipinski definition) is 1. The molecule has 2 aromatic rings. The number of nitrogens with zero attached hydrogens (tertiary/aromatic N) is 1. The van der Waals surface area contributed by atoms with Gasteiger partial charge in [0.25, 0.3) is 5.91 Å². The smallest absolute Gasteiger partial charge is 0.257 e. The van der Waals surface area contributed by atoms with Crippen molar-refractivity contribution in [1.29, 1.82) is 0 Å². The summed E-state index contributed by atoms with van der Waals surface area (Å²) in [6.07, 6.45) is 1.31. The topological polar surface area (TPSA) is 49.4 Å². The lowest BCUT2D eigenvalue weighted by Gasteiger charge is -2.24. The molecule has 118 valence electrons. The van der Waals surface area contributed by atoms with Crippen LogP contribution in [-0.2, 0) is 4.79 Å². The zero-order chi connectivity index (χ0) is 16.2. The van der Waals surface area contributed by atoms with Crippen LogP contribution in [0.15, 0.2) is 54.6 Å². The summed E-state index contributed by atoms with van der Waals surface area (Å²) in [6.45, 7) is 0.458. The van der Waals surface area contributed by atoms with Crippen molar-refractivity contribution in [3.8, 4) is 0 Å². The summed E-state index contributed by atoms with van der Waals surface area (Å²) in [5.74, 6) is -1.24. The zero-order valence-electron chi connectivity index (χ0n) is 12.5. The van der Waals surface area contributed by atoms with Gasteiger partial charge in [0.1, 0.15) is 11.9 Å². The third-order valence-electron chi connectivity index (χ3n) is 3.96. The number of amides is 2. The van der Waals surface area contributed by atoms with Crippen molar-refractivity contribution in [2.45, 2.75) is 18.9 Å². The molecule has 0 spiro atoms. The number of nitrogens with one attached hydrogen (secondary N) is 1. The molecule has 0 radical (unpaired) electrons. The van der Waals surface area contributed by atoms with Gasteiger partial charge in [-0.1, -0.05) is 30.3 Å². The normalized spacial score (nSPS) is 17.1. The average Bonchev–Trinajstić information content (AvgIpc) is 3.05. The van der Waals surface area contributed by atoms with E-state index in [-0.39, 0.29) is 11.5 Å². The molecule has 0 saturated carbocycles. The lowest BCUT2D eigenvalue weighted by Crippen LogP contribution is -2.43. The van der Waals surface area contributed by atoms with Gasteiger partial charge in [-0.25, -0.2) is 4.39 Å². The van der Waals surface area contributed by atoms with Crippen molar-refractivity contribution in [3.63, 3.8) is 0 Å². The molecule has 0 bridgehead atoms. The van der Waals surface area contributed by atoms with Gasteiger partial charge in [-0.2, -0.15) is 0 Å². The molecule has 1 aliphatic heterocycles. The van der Waals surface area contributed by atoms with E-state index < -0.39 is 17.8 Å². The van der Waals surface area contributed by atoms with E-state index in [1.54, 1.807) is 18.2 Å². The van der Waals surface area contributed by atoms with Gasteiger partial charge in [-0.3, -0.25) is 9.59 Å². The van der Waals surface area contributed by atoms with Crippen LogP contribution in [0.4, 0.5) is 10.1 Å². The summed E-state index contributed by atoms with van der Waals surface area (Å²) in [4.78, 5) is 26.4. The molecule has 23 heavy (non-hydrogen) atoms. The lowest BCUT2D eigenvalue weighted by molar-refractivity contribution is -0.119. The molecule has 3 rings (SSSR count). The molecule has 1 unspecified atom stereocenters. The van der Waals surface area contributed by atoms with E-state index in [2.05, 4.69) is 5.32 Å². The summed E-state index contributed by atoms with van der Waals surface area (Å²) in [7, 11) is 0. The first kappa shape index (κ1) is 15.2. The van der Waals surface area contributed by atoms with Crippen molar-refractivity contribution in [1.82, 2.24) is 4.90 Å². The van der Waals surface area contributed by atoms with Gasteiger partial charge < -0.3 is 10.2 Å². The fourth-order valence-electron chi connectivity index (χ4n) is 2.82. The van der Waals surface area contributed by atoms with Crippen LogP contribution in [0.2, 0.25) is 0 Å². The molecule has 1 N–H and O–H groups in total. The standard InChI is InChI=1S/C18H17FN2O2/c19-15-10-5-4-9-14(15)18(23)21-12-6-11-16(21)17(22)20-13-7-2-1-3-8-13/h1-5,7-10,16H,6,11-12H2,(H,20,22). The highest BCUT2D eigenvalue weighted by atomic mass is 19.1. The maximum absolute atomic E-state index is 13.8. The van der Waals surface area contributed by atoms with Gasteiger partial charge in [0.15, 0.2) is 0 Å². The van der Waals surface area contributed by atoms with Crippen molar-refractivity contribution < 1.29 is 14.0 Å². The van der Waals surface area contributed by atoms with Crippen LogP contribution >= 0.6 is 0 Å². The number of carbonyl (C=O) groups excluding carboxylic acids is 2. The van der Waals surface area contributed by atoms with E-state index in [4.69, 9.17) is 0 Å². The Hall–Kier alpha value is -2.69. The molecule has 5 heteroatoms. The summed E-state index contributed by atoms with van der Waals surface area (Å²) in [6, 6.07) is 14.4. The Kier molecular flexibility index (Phi) is 4.37. The Balaban J connectivity index is 1.76. The Bertz CT molecular complexity index is 718. The second-order valence-electron chi connectivity index (χ2n) is 5.49. The monoisotopic (exact) mass is 312 g/mol. The minimum atomic E-state index is -0.567. The van der Waals surface area contributed by atoms with Gasteiger partial charge in [0, 0.05) is 12.2 Å². The van der Waals surface area contributed by atoms with E-state index >= 15 is 0 Å². The molecular weight excluding hydrogens is 295 g/mol. The fraction of sp³-hybridized carbons (Fsp3) is 0.222. The first-order valence-electron chi connectivity index (χ1n) is 7.58. The minimum absolute atomic E-state index is 0.00640. The molecule has 1 aliphatic rings. The maximum Gasteiger partial charge on any atom is 0.257 e. The van der Waals surface area contributed by atoms with Gasteiger partial charge in [-0.15, -0.1) is 0 Å². The second kappa shape index (κ2) is 6.60. The highest BCUT2D eigenvalue weighted by molar-refractivity contribution is 6.01. The van der Waals surface area contributed by atoms with Crippen LogP contribution in [0.25, 0.3) is 0 Å². The van der Waals surface area contributed by atoms with Gasteiger partial charge >= 0.3 is 0 Å². The van der Waals surface area contributed by atoms with E-state index in [1.807, 2.05) is 18.2 Å². The van der Waals surface area contributed by atoms with Crippen molar-refractivity contribution in [3.05, 3.63) is 66.0 Å². The first-order chi connectivity index (χ1) is 11.2. The largest absolute Gasteiger partial charge is 0.327 e. The molecule has 0 aliphatic carbocycles. The number of para-hydroxylation sites is 1. The van der Waals surface area contributed by atoms with Crippen LogP contribution in [0.5, 0.6) is 0 Å². The summed E-state index contributed by atoms with van der Waals surface area (Å²) in [5.41, 5.74) is 0.689. The lowest BCUT2D eigenvalue weighted by atomic mass is 10.1. The van der Waals surface area contributed by atoms with Crippen molar-refractivity contribution in [2.75, 3.05) is 11.9 Å². The molecular formula is C18H17FN2O2. The van der Waals surface area contributed by atoms with Crippen LogP contribution in [0.3, 0.4) is 0 Å². The molecule has 1 heterocycles. The molecule has 1 atom stereocenters. The Morgan fingerprint density at radius 2 is 1.74 bits per heavy atom. The second-order valence-corrected chi connectivity index (χ2v) is 5.49. The highest BCUT2D eigenvalue weighted by Gasteiger charge is 2.35. The first-order valence-corrected chi connectivity index (χ1v) is 7.58. The molecule has 1 fully saturated rings. The predicted molar refractivity (Wildman–Crippen MR) is 85.5 cm³/mol. The third-order valence-corrected chi connectivity index (χ3v) is 3.96. The van der Waals surface area contributed by atoms with E-state index in [9.17, 15) is 14.0 Å². The number of likely N-dealkylation sites (tertiary alicyclic amines) is 1. The Morgan fingerprint density at radius 3 is 2.48 bits per heavy atom. The van der Waals surface area contributed by atoms with Gasteiger partial charge in [0.05, 0.1) is 5.56 Å². The van der Waals surface area contributed by atoms with E-state index in [1.165, 1.54) is 23.1 Å². The molecule has 2 amide bonds. The molecule has 4 nitrogen and oxygen atoms in total. The van der Waals surface area contributed by atoms with E-state index in [0.29, 0.717) is 18.7 Å². The van der Waals surface area contributed by atoms with Crippen molar-refractivity contribution >= 4 is 17.5 Å². The summed E-state index contributed by atoms with van der Waals surface area (Å²) < 4.78 is 13.8. The number of halogens is 1. The number of hydrogen-bond acceptors (Lipinski definition) is 2. The summed E-state index contributed by atoms with van der Waals surface area (Å²) in [5, 5.41) is 2.81. The van der Waals surface area contributed by atoms with E-state index in [0.717, 1.165) is 6.42 Å².